The summed E-state index contributed by atoms with van der Waals surface area (Å²) < 4.78 is 5.35. The van der Waals surface area contributed by atoms with Gasteiger partial charge in [-0.25, -0.2) is 9.97 Å². The van der Waals surface area contributed by atoms with Crippen molar-refractivity contribution in [2.45, 2.75) is 25.7 Å². The van der Waals surface area contributed by atoms with E-state index in [-0.39, 0.29) is 5.92 Å². The number of piperazine rings is 1. The lowest BCUT2D eigenvalue weighted by molar-refractivity contribution is -0.135. The minimum absolute atomic E-state index is 0.272. The van der Waals surface area contributed by atoms with E-state index in [1.807, 2.05) is 6.07 Å². The van der Waals surface area contributed by atoms with Crippen molar-refractivity contribution < 1.29 is 9.53 Å². The molecule has 2 heterocycles. The van der Waals surface area contributed by atoms with Crippen molar-refractivity contribution >= 4 is 22.5 Å². The van der Waals surface area contributed by atoms with Crippen LogP contribution in [0.3, 0.4) is 0 Å². The SMILES string of the molecule is COc1ncnc2ccc(N3CCN(C(=O)C4CCCC4)CC3)cc12. The van der Waals surface area contributed by atoms with Crippen LogP contribution in [0.4, 0.5) is 5.69 Å². The van der Waals surface area contributed by atoms with Crippen molar-refractivity contribution in [1.82, 2.24) is 14.9 Å². The highest BCUT2D eigenvalue weighted by Crippen LogP contribution is 2.29. The van der Waals surface area contributed by atoms with Gasteiger partial charge in [0.2, 0.25) is 11.8 Å². The predicted molar refractivity (Wildman–Crippen MR) is 96.8 cm³/mol. The summed E-state index contributed by atoms with van der Waals surface area (Å²) in [4.78, 5) is 25.4. The van der Waals surface area contributed by atoms with Crippen LogP contribution in [-0.2, 0) is 4.79 Å². The van der Waals surface area contributed by atoms with Crippen LogP contribution in [0, 0.1) is 5.92 Å². The van der Waals surface area contributed by atoms with Gasteiger partial charge in [0.05, 0.1) is 18.0 Å². The molecule has 132 valence electrons. The average molecular weight is 340 g/mol. The molecule has 1 saturated carbocycles. The van der Waals surface area contributed by atoms with Crippen LogP contribution in [0.1, 0.15) is 25.7 Å². The fourth-order valence-electron chi connectivity index (χ4n) is 4.00. The third kappa shape index (κ3) is 3.13. The van der Waals surface area contributed by atoms with Crippen molar-refractivity contribution in [3.63, 3.8) is 0 Å². The summed E-state index contributed by atoms with van der Waals surface area (Å²) in [7, 11) is 1.63. The molecule has 1 aliphatic heterocycles. The van der Waals surface area contributed by atoms with Crippen LogP contribution in [0.2, 0.25) is 0 Å². The predicted octanol–water partition coefficient (Wildman–Crippen LogP) is 2.48. The number of amides is 1. The maximum Gasteiger partial charge on any atom is 0.225 e. The second kappa shape index (κ2) is 6.86. The fraction of sp³-hybridized carbons (Fsp3) is 0.526. The van der Waals surface area contributed by atoms with Crippen molar-refractivity contribution in [3.05, 3.63) is 24.5 Å². The topological polar surface area (TPSA) is 58.6 Å². The van der Waals surface area contributed by atoms with Gasteiger partial charge in [-0.1, -0.05) is 12.8 Å². The monoisotopic (exact) mass is 340 g/mol. The molecule has 0 spiro atoms. The number of methoxy groups -OCH3 is 1. The van der Waals surface area contributed by atoms with E-state index in [1.165, 1.54) is 19.2 Å². The number of anilines is 1. The first kappa shape index (κ1) is 16.1. The van der Waals surface area contributed by atoms with Gasteiger partial charge in [-0.05, 0) is 31.0 Å². The van der Waals surface area contributed by atoms with E-state index in [9.17, 15) is 4.79 Å². The summed E-state index contributed by atoms with van der Waals surface area (Å²) in [6.07, 6.45) is 6.08. The lowest BCUT2D eigenvalue weighted by Crippen LogP contribution is -2.50. The molecule has 1 aromatic carbocycles. The van der Waals surface area contributed by atoms with Crippen molar-refractivity contribution in [3.8, 4) is 5.88 Å². The third-order valence-corrected chi connectivity index (χ3v) is 5.44. The average Bonchev–Trinajstić information content (AvgIpc) is 3.21. The molecule has 0 unspecified atom stereocenters. The standard InChI is InChI=1S/C19H24N4O2/c1-25-18-16-12-15(6-7-17(16)20-13-21-18)22-8-10-23(11-9-22)19(24)14-4-2-3-5-14/h6-7,12-14H,2-5,8-11H2,1H3. The van der Waals surface area contributed by atoms with Crippen molar-refractivity contribution in [2.75, 3.05) is 38.2 Å². The lowest BCUT2D eigenvalue weighted by atomic mass is 10.1. The Morgan fingerprint density at radius 2 is 1.88 bits per heavy atom. The number of aromatic nitrogens is 2. The number of carbonyl (C=O) groups excluding carboxylic acids is 1. The van der Waals surface area contributed by atoms with E-state index in [4.69, 9.17) is 4.74 Å². The maximum atomic E-state index is 12.6. The summed E-state index contributed by atoms with van der Waals surface area (Å²) in [5.41, 5.74) is 2.01. The molecule has 1 saturated heterocycles. The lowest BCUT2D eigenvalue weighted by Gasteiger charge is -2.37. The molecule has 2 aromatic rings. The number of carbonyl (C=O) groups is 1. The molecule has 6 heteroatoms. The molecule has 6 nitrogen and oxygen atoms in total. The molecule has 2 aliphatic rings. The summed E-state index contributed by atoms with van der Waals surface area (Å²) in [6, 6.07) is 6.18. The summed E-state index contributed by atoms with van der Waals surface area (Å²) in [5, 5.41) is 0.923. The number of rotatable bonds is 3. The molecule has 2 fully saturated rings. The Morgan fingerprint density at radius 3 is 2.60 bits per heavy atom. The quantitative estimate of drug-likeness (QED) is 0.859. The minimum atomic E-state index is 0.272. The van der Waals surface area contributed by atoms with Crippen LogP contribution in [0.25, 0.3) is 10.9 Å². The zero-order chi connectivity index (χ0) is 17.2. The zero-order valence-corrected chi connectivity index (χ0v) is 14.6. The van der Waals surface area contributed by atoms with Crippen LogP contribution in [0.5, 0.6) is 5.88 Å². The van der Waals surface area contributed by atoms with Gasteiger partial charge in [0, 0.05) is 37.8 Å². The first-order valence-electron chi connectivity index (χ1n) is 9.09. The van der Waals surface area contributed by atoms with Gasteiger partial charge in [0.25, 0.3) is 0 Å². The molecule has 0 atom stereocenters. The number of ether oxygens (including phenoxy) is 1. The molecule has 0 radical (unpaired) electrons. The number of benzene rings is 1. The zero-order valence-electron chi connectivity index (χ0n) is 14.6. The largest absolute Gasteiger partial charge is 0.480 e. The Balaban J connectivity index is 1.47. The second-order valence-corrected chi connectivity index (χ2v) is 6.88. The molecule has 25 heavy (non-hydrogen) atoms. The van der Waals surface area contributed by atoms with Gasteiger partial charge in [-0.15, -0.1) is 0 Å². The van der Waals surface area contributed by atoms with E-state index in [0.717, 1.165) is 55.6 Å². The molecule has 1 aliphatic carbocycles. The van der Waals surface area contributed by atoms with E-state index < -0.39 is 0 Å². The summed E-state index contributed by atoms with van der Waals surface area (Å²) in [6.45, 7) is 3.32. The second-order valence-electron chi connectivity index (χ2n) is 6.88. The molecular weight excluding hydrogens is 316 g/mol. The Morgan fingerprint density at radius 1 is 1.12 bits per heavy atom. The number of hydrogen-bond acceptors (Lipinski definition) is 5. The van der Waals surface area contributed by atoms with Crippen LogP contribution >= 0.6 is 0 Å². The van der Waals surface area contributed by atoms with E-state index in [2.05, 4.69) is 31.9 Å². The number of hydrogen-bond donors (Lipinski definition) is 0. The van der Waals surface area contributed by atoms with E-state index in [0.29, 0.717) is 11.8 Å². The van der Waals surface area contributed by atoms with Crippen molar-refractivity contribution in [1.29, 1.82) is 0 Å². The number of nitrogens with zero attached hydrogens (tertiary/aromatic N) is 4. The van der Waals surface area contributed by atoms with Crippen LogP contribution in [-0.4, -0.2) is 54.1 Å². The summed E-state index contributed by atoms with van der Waals surface area (Å²) in [5.74, 6) is 1.24. The molecule has 4 rings (SSSR count). The van der Waals surface area contributed by atoms with Gasteiger partial charge in [0.1, 0.15) is 6.33 Å². The Kier molecular flexibility index (Phi) is 4.42. The first-order valence-corrected chi connectivity index (χ1v) is 9.09. The first-order chi connectivity index (χ1) is 12.3. The fourth-order valence-corrected chi connectivity index (χ4v) is 4.00. The normalized spacial score (nSPS) is 18.8. The van der Waals surface area contributed by atoms with Crippen LogP contribution in [0.15, 0.2) is 24.5 Å². The molecule has 0 bridgehead atoms. The Hall–Kier alpha value is -2.37. The maximum absolute atomic E-state index is 12.6. The van der Waals surface area contributed by atoms with E-state index >= 15 is 0 Å². The van der Waals surface area contributed by atoms with Crippen molar-refractivity contribution in [2.24, 2.45) is 5.92 Å². The van der Waals surface area contributed by atoms with Gasteiger partial charge in [-0.2, -0.15) is 0 Å². The van der Waals surface area contributed by atoms with Gasteiger partial charge < -0.3 is 14.5 Å². The van der Waals surface area contributed by atoms with Crippen LogP contribution < -0.4 is 9.64 Å². The van der Waals surface area contributed by atoms with Gasteiger partial charge in [-0.3, -0.25) is 4.79 Å². The molecule has 0 N–H and O–H groups in total. The number of fused-ring (bicyclic) bond motifs is 1. The summed E-state index contributed by atoms with van der Waals surface area (Å²) >= 11 is 0. The van der Waals surface area contributed by atoms with Gasteiger partial charge in [0.15, 0.2) is 0 Å². The highest BCUT2D eigenvalue weighted by Gasteiger charge is 2.29. The molecule has 1 aromatic heterocycles. The molecule has 1 amide bonds. The Labute approximate surface area is 147 Å². The highest BCUT2D eigenvalue weighted by molar-refractivity contribution is 5.86. The Bertz CT molecular complexity index is 765. The van der Waals surface area contributed by atoms with E-state index in [1.54, 1.807) is 7.11 Å². The third-order valence-electron chi connectivity index (χ3n) is 5.44. The van der Waals surface area contributed by atoms with Gasteiger partial charge >= 0.3 is 0 Å². The molecular formula is C19H24N4O2. The highest BCUT2D eigenvalue weighted by atomic mass is 16.5. The smallest absolute Gasteiger partial charge is 0.225 e. The minimum Gasteiger partial charge on any atom is -0.480 e.